The fourth-order valence-corrected chi connectivity index (χ4v) is 5.18. The first kappa shape index (κ1) is 32.5. The fraction of sp³-hybridized carbons (Fsp3) is 0.0909. The molecular formula is C33H27Br2Cl2FN2O3. The van der Waals surface area contributed by atoms with Gasteiger partial charge in [0.05, 0.1) is 8.52 Å². The van der Waals surface area contributed by atoms with Crippen molar-refractivity contribution in [1.29, 1.82) is 0 Å². The summed E-state index contributed by atoms with van der Waals surface area (Å²) in [5.74, 6) is -0.896. The largest absolute Gasteiger partial charge is 0.478 e. The van der Waals surface area contributed by atoms with Crippen molar-refractivity contribution in [3.8, 4) is 0 Å². The van der Waals surface area contributed by atoms with E-state index in [2.05, 4.69) is 43.2 Å². The Kier molecular flexibility index (Phi) is 12.4. The summed E-state index contributed by atoms with van der Waals surface area (Å²) >= 11 is 18.2. The molecule has 0 bridgehead atoms. The first-order valence-corrected chi connectivity index (χ1v) is 15.0. The SMILES string of the molecule is Nc1ccc(Cl)cc1.O=C(Nc1ccc(Cl)cc1)C1=Cc2ccc(Br)cc2C1.O=C(O)C1=Cc2ccc(Br)cc2C1.[2H]CF. The van der Waals surface area contributed by atoms with Crippen LogP contribution in [0.2, 0.25) is 10.0 Å². The molecule has 1 amide bonds. The molecule has 4 aromatic rings. The van der Waals surface area contributed by atoms with Gasteiger partial charge in [-0.2, -0.15) is 0 Å². The Balaban J connectivity index is 0.000000189. The maximum absolute atomic E-state index is 12.2. The van der Waals surface area contributed by atoms with Gasteiger partial charge in [-0.05, 0) is 107 Å². The van der Waals surface area contributed by atoms with Crippen LogP contribution in [-0.4, -0.2) is 24.1 Å². The van der Waals surface area contributed by atoms with Crippen LogP contribution in [0.25, 0.3) is 12.2 Å². The molecule has 0 radical (unpaired) electrons. The number of nitrogen functional groups attached to an aromatic ring is 1. The second-order valence-electron chi connectivity index (χ2n) is 9.20. The van der Waals surface area contributed by atoms with Gasteiger partial charge in [0, 0.05) is 54.4 Å². The lowest BCUT2D eigenvalue weighted by Crippen LogP contribution is -2.14. The maximum Gasteiger partial charge on any atom is 0.331 e. The Morgan fingerprint density at radius 3 is 1.72 bits per heavy atom. The second kappa shape index (κ2) is 16.4. The van der Waals surface area contributed by atoms with Gasteiger partial charge in [0.2, 0.25) is 0 Å². The molecule has 2 aliphatic carbocycles. The molecule has 10 heteroatoms. The van der Waals surface area contributed by atoms with Crippen molar-refractivity contribution in [3.63, 3.8) is 0 Å². The molecule has 2 aliphatic rings. The number of halogens is 5. The van der Waals surface area contributed by atoms with E-state index >= 15 is 0 Å². The summed E-state index contributed by atoms with van der Waals surface area (Å²) in [4.78, 5) is 22.9. The van der Waals surface area contributed by atoms with Gasteiger partial charge in [-0.15, -0.1) is 0 Å². The molecule has 4 aromatic carbocycles. The predicted molar refractivity (Wildman–Crippen MR) is 182 cm³/mol. The summed E-state index contributed by atoms with van der Waals surface area (Å²) in [5.41, 5.74) is 12.5. The fourth-order valence-electron chi connectivity index (χ4n) is 4.11. The maximum atomic E-state index is 12.2. The lowest BCUT2D eigenvalue weighted by molar-refractivity contribution is -0.132. The minimum absolute atomic E-state index is 0.0698. The first-order valence-electron chi connectivity index (χ1n) is 13.3. The number of amides is 1. The van der Waals surface area contributed by atoms with Crippen LogP contribution >= 0.6 is 55.1 Å². The molecule has 0 spiro atoms. The number of hydrogen-bond donors (Lipinski definition) is 3. The number of anilines is 2. The number of hydrogen-bond acceptors (Lipinski definition) is 3. The van der Waals surface area contributed by atoms with Crippen LogP contribution in [0, 0.1) is 0 Å². The van der Waals surface area contributed by atoms with Crippen molar-refractivity contribution in [2.45, 2.75) is 12.8 Å². The van der Waals surface area contributed by atoms with Gasteiger partial charge in [-0.3, -0.25) is 9.18 Å². The van der Waals surface area contributed by atoms with Crippen LogP contribution in [0.1, 0.15) is 23.6 Å². The van der Waals surface area contributed by atoms with E-state index in [1.165, 1.54) is 5.56 Å². The molecule has 0 atom stereocenters. The number of fused-ring (bicyclic) bond motifs is 2. The van der Waals surface area contributed by atoms with E-state index in [9.17, 15) is 14.0 Å². The van der Waals surface area contributed by atoms with E-state index in [-0.39, 0.29) is 5.91 Å². The molecule has 43 heavy (non-hydrogen) atoms. The smallest absolute Gasteiger partial charge is 0.331 e. The van der Waals surface area contributed by atoms with Crippen LogP contribution in [0.3, 0.4) is 0 Å². The van der Waals surface area contributed by atoms with Crippen molar-refractivity contribution in [1.82, 2.24) is 0 Å². The highest BCUT2D eigenvalue weighted by Crippen LogP contribution is 2.29. The normalized spacial score (nSPS) is 12.3. The van der Waals surface area contributed by atoms with Gasteiger partial charge in [0.15, 0.2) is 0 Å². The van der Waals surface area contributed by atoms with Gasteiger partial charge < -0.3 is 16.2 Å². The molecule has 0 fully saturated rings. The number of carboxylic acid groups (broad SMARTS) is 1. The second-order valence-corrected chi connectivity index (χ2v) is 11.9. The molecule has 0 heterocycles. The zero-order valence-electron chi connectivity index (χ0n) is 23.6. The molecule has 5 nitrogen and oxygen atoms in total. The highest BCUT2D eigenvalue weighted by molar-refractivity contribution is 9.10. The first-order chi connectivity index (χ1) is 21.0. The number of carbonyl (C=O) groups is 2. The van der Waals surface area contributed by atoms with Gasteiger partial charge >= 0.3 is 5.97 Å². The lowest BCUT2D eigenvalue weighted by Gasteiger charge is -2.05. The number of nitrogens with one attached hydrogen (secondary N) is 1. The summed E-state index contributed by atoms with van der Waals surface area (Å²) in [6.45, 7) is 0. The highest BCUT2D eigenvalue weighted by Gasteiger charge is 2.19. The highest BCUT2D eigenvalue weighted by atomic mass is 79.9. The Morgan fingerprint density at radius 1 is 0.814 bits per heavy atom. The Labute approximate surface area is 277 Å². The van der Waals surface area contributed by atoms with Gasteiger partial charge in [-0.25, -0.2) is 4.79 Å². The quantitative estimate of drug-likeness (QED) is 0.182. The molecular weight excluding hydrogens is 722 g/mol. The molecule has 4 N–H and O–H groups in total. The predicted octanol–water partition coefficient (Wildman–Crippen LogP) is 9.66. The number of benzene rings is 4. The van der Waals surface area contributed by atoms with Crippen molar-refractivity contribution >= 4 is 90.5 Å². The van der Waals surface area contributed by atoms with E-state index in [1.54, 1.807) is 54.6 Å². The van der Waals surface area contributed by atoms with Crippen LogP contribution < -0.4 is 11.1 Å². The number of aliphatic carboxylic acids is 1. The summed E-state index contributed by atoms with van der Waals surface area (Å²) in [5, 5.41) is 13.0. The van der Waals surface area contributed by atoms with Crippen molar-refractivity contribution in [3.05, 3.63) is 137 Å². The van der Waals surface area contributed by atoms with Crippen molar-refractivity contribution in [2.24, 2.45) is 0 Å². The molecule has 0 unspecified atom stereocenters. The number of alkyl halides is 1. The molecule has 0 saturated heterocycles. The van der Waals surface area contributed by atoms with Crippen LogP contribution in [0.4, 0.5) is 15.8 Å². The minimum atomic E-state index is -1.00. The molecule has 0 aromatic heterocycles. The summed E-state index contributed by atoms with van der Waals surface area (Å²) in [7, 11) is -1.00. The molecule has 222 valence electrons. The van der Waals surface area contributed by atoms with Crippen LogP contribution in [0.15, 0.2) is 105 Å². The minimum Gasteiger partial charge on any atom is -0.478 e. The summed E-state index contributed by atoms with van der Waals surface area (Å²) in [6, 6.07) is 26.0. The average Bonchev–Trinajstić information content (AvgIpc) is 3.61. The van der Waals surface area contributed by atoms with Crippen molar-refractivity contribution < 1.29 is 20.5 Å². The molecule has 0 saturated carbocycles. The third-order valence-corrected chi connectivity index (χ3v) is 7.66. The Hall–Kier alpha value is -3.43. The number of carbonyl (C=O) groups excluding carboxylic acids is 1. The monoisotopic (exact) mass is 747 g/mol. The standard InChI is InChI=1S/C16H11BrClNO.C10H7BrO2.C6H6ClN.CH3F/c17-13-2-1-10-7-12(8-11(10)9-13)16(20)19-15-5-3-14(18)4-6-15;11-9-2-1-6-3-8(10(12)13)4-7(6)5-9;7-5-1-3-6(8)4-2-5;1-2/h1-7,9H,8H2,(H,19,20);1-3,5H,4H2,(H,12,13);1-4H,8H2;1H3/i;;;1D. The molecule has 0 aliphatic heterocycles. The topological polar surface area (TPSA) is 92.4 Å². The average molecular weight is 750 g/mol. The number of rotatable bonds is 3. The third kappa shape index (κ3) is 10.4. The van der Waals surface area contributed by atoms with E-state index in [0.29, 0.717) is 23.4 Å². The van der Waals surface area contributed by atoms with Gasteiger partial charge in [0.1, 0.15) is 0 Å². The van der Waals surface area contributed by atoms with E-state index < -0.39 is 13.1 Å². The lowest BCUT2D eigenvalue weighted by atomic mass is 10.1. The molecule has 6 rings (SSSR count). The zero-order valence-corrected chi connectivity index (χ0v) is 27.3. The number of nitrogens with two attached hydrogens (primary N) is 1. The zero-order chi connectivity index (χ0) is 32.2. The third-order valence-electron chi connectivity index (χ3n) is 6.17. The summed E-state index contributed by atoms with van der Waals surface area (Å²) in [6.07, 6.45) is 4.86. The van der Waals surface area contributed by atoms with Crippen molar-refractivity contribution in [2.75, 3.05) is 18.2 Å². The van der Waals surface area contributed by atoms with Gasteiger partial charge in [-0.1, -0.05) is 67.2 Å². The van der Waals surface area contributed by atoms with Crippen LogP contribution in [0.5, 0.6) is 0 Å². The van der Waals surface area contributed by atoms with E-state index in [1.807, 2.05) is 36.4 Å². The van der Waals surface area contributed by atoms with E-state index in [4.69, 9.17) is 35.4 Å². The Bertz CT molecular complexity index is 1660. The Morgan fingerprint density at radius 2 is 1.26 bits per heavy atom. The van der Waals surface area contributed by atoms with Gasteiger partial charge in [0.25, 0.3) is 5.91 Å². The summed E-state index contributed by atoms with van der Waals surface area (Å²) < 4.78 is 17.5. The van der Waals surface area contributed by atoms with E-state index in [0.717, 1.165) is 47.6 Å². The number of carboxylic acids is 1. The van der Waals surface area contributed by atoms with Crippen LogP contribution in [-0.2, 0) is 22.4 Å².